The van der Waals surface area contributed by atoms with E-state index in [0.29, 0.717) is 24.4 Å². The first-order valence-corrected chi connectivity index (χ1v) is 7.86. The van der Waals surface area contributed by atoms with Crippen molar-refractivity contribution in [1.29, 1.82) is 0 Å². The number of amides is 1. The van der Waals surface area contributed by atoms with Gasteiger partial charge in [-0.15, -0.1) is 0 Å². The number of halogens is 1. The van der Waals surface area contributed by atoms with Crippen LogP contribution in [0.4, 0.5) is 0 Å². The van der Waals surface area contributed by atoms with Crippen LogP contribution in [0.1, 0.15) is 17.5 Å². The van der Waals surface area contributed by atoms with Gasteiger partial charge < -0.3 is 14.4 Å². The summed E-state index contributed by atoms with van der Waals surface area (Å²) in [4.78, 5) is 14.0. The summed E-state index contributed by atoms with van der Waals surface area (Å²) in [6, 6.07) is 13.3. The molecule has 0 unspecified atom stereocenters. The van der Waals surface area contributed by atoms with Crippen molar-refractivity contribution in [2.75, 3.05) is 13.8 Å². The highest BCUT2D eigenvalue weighted by atomic mass is 35.5. The number of benzene rings is 2. The summed E-state index contributed by atoms with van der Waals surface area (Å²) in [5, 5.41) is 0.708. The van der Waals surface area contributed by atoms with Crippen LogP contribution in [0.25, 0.3) is 0 Å². The van der Waals surface area contributed by atoms with Crippen LogP contribution in [-0.2, 0) is 17.8 Å². The Labute approximate surface area is 140 Å². The van der Waals surface area contributed by atoms with E-state index in [4.69, 9.17) is 21.1 Å². The Kier molecular flexibility index (Phi) is 4.72. The number of rotatable bonds is 5. The fourth-order valence-corrected chi connectivity index (χ4v) is 2.62. The maximum Gasteiger partial charge on any atom is 0.231 e. The molecule has 120 valence electrons. The van der Waals surface area contributed by atoms with Gasteiger partial charge in [-0.3, -0.25) is 4.79 Å². The predicted molar refractivity (Wildman–Crippen MR) is 88.8 cm³/mol. The quantitative estimate of drug-likeness (QED) is 0.839. The van der Waals surface area contributed by atoms with Crippen molar-refractivity contribution >= 4 is 17.5 Å². The maximum absolute atomic E-state index is 12.3. The minimum Gasteiger partial charge on any atom is -0.454 e. The molecule has 1 aliphatic heterocycles. The van der Waals surface area contributed by atoms with Crippen LogP contribution in [0.5, 0.6) is 11.5 Å². The van der Waals surface area contributed by atoms with Crippen LogP contribution in [0.3, 0.4) is 0 Å². The van der Waals surface area contributed by atoms with Gasteiger partial charge in [-0.25, -0.2) is 0 Å². The highest BCUT2D eigenvalue weighted by Gasteiger charge is 2.15. The van der Waals surface area contributed by atoms with Crippen LogP contribution in [-0.4, -0.2) is 24.6 Å². The van der Waals surface area contributed by atoms with Crippen molar-refractivity contribution in [1.82, 2.24) is 4.90 Å². The standard InChI is InChI=1S/C18H18ClNO3/c1-20(11-14-4-8-16-17(10-14)23-12-22-16)18(21)9-5-13-2-6-15(19)7-3-13/h2-4,6-8,10H,5,9,11-12H2,1H3. The third kappa shape index (κ3) is 3.96. The van der Waals surface area contributed by atoms with Gasteiger partial charge in [0.05, 0.1) is 0 Å². The lowest BCUT2D eigenvalue weighted by molar-refractivity contribution is -0.130. The molecule has 1 aliphatic rings. The number of aryl methyl sites for hydroxylation is 1. The number of fused-ring (bicyclic) bond motifs is 1. The Morgan fingerprint density at radius 3 is 2.57 bits per heavy atom. The Hall–Kier alpha value is -2.20. The van der Waals surface area contributed by atoms with Crippen molar-refractivity contribution in [2.24, 2.45) is 0 Å². The molecule has 0 aliphatic carbocycles. The van der Waals surface area contributed by atoms with E-state index in [1.165, 1.54) is 0 Å². The SMILES string of the molecule is CN(Cc1ccc2c(c1)OCO2)C(=O)CCc1ccc(Cl)cc1. The second kappa shape index (κ2) is 6.92. The molecular formula is C18H18ClNO3. The fraction of sp³-hybridized carbons (Fsp3) is 0.278. The molecule has 0 aromatic heterocycles. The first kappa shape index (κ1) is 15.7. The van der Waals surface area contributed by atoms with Crippen molar-refractivity contribution in [2.45, 2.75) is 19.4 Å². The topological polar surface area (TPSA) is 38.8 Å². The predicted octanol–water partition coefficient (Wildman–Crippen LogP) is 3.66. The molecule has 1 amide bonds. The summed E-state index contributed by atoms with van der Waals surface area (Å²) >= 11 is 5.86. The summed E-state index contributed by atoms with van der Waals surface area (Å²) < 4.78 is 10.6. The summed E-state index contributed by atoms with van der Waals surface area (Å²) in [6.07, 6.45) is 1.18. The van der Waals surface area contributed by atoms with Crippen molar-refractivity contribution < 1.29 is 14.3 Å². The van der Waals surface area contributed by atoms with E-state index in [1.807, 2.05) is 49.5 Å². The molecule has 3 rings (SSSR count). The highest BCUT2D eigenvalue weighted by molar-refractivity contribution is 6.30. The molecule has 0 N–H and O–H groups in total. The molecule has 2 aromatic carbocycles. The molecule has 0 atom stereocenters. The minimum absolute atomic E-state index is 0.109. The smallest absolute Gasteiger partial charge is 0.231 e. The van der Waals surface area contributed by atoms with Crippen molar-refractivity contribution in [3.05, 3.63) is 58.6 Å². The van der Waals surface area contributed by atoms with E-state index >= 15 is 0 Å². The molecule has 2 aromatic rings. The third-order valence-corrected chi connectivity index (χ3v) is 4.08. The summed E-state index contributed by atoms with van der Waals surface area (Å²) in [5.41, 5.74) is 2.14. The Morgan fingerprint density at radius 1 is 1.09 bits per heavy atom. The van der Waals surface area contributed by atoms with Crippen molar-refractivity contribution in [3.8, 4) is 11.5 Å². The van der Waals surface area contributed by atoms with Crippen LogP contribution in [0, 0.1) is 0 Å². The number of ether oxygens (including phenoxy) is 2. The molecule has 0 saturated carbocycles. The highest BCUT2D eigenvalue weighted by Crippen LogP contribution is 2.32. The van der Waals surface area contributed by atoms with Crippen molar-refractivity contribution in [3.63, 3.8) is 0 Å². The lowest BCUT2D eigenvalue weighted by atomic mass is 10.1. The number of carbonyl (C=O) groups excluding carboxylic acids is 1. The van der Waals surface area contributed by atoms with E-state index in [1.54, 1.807) is 4.90 Å². The van der Waals surface area contributed by atoms with Crippen LogP contribution in [0.2, 0.25) is 5.02 Å². The van der Waals surface area contributed by atoms with E-state index < -0.39 is 0 Å². The van der Waals surface area contributed by atoms with E-state index in [9.17, 15) is 4.79 Å². The van der Waals surface area contributed by atoms with Crippen LogP contribution < -0.4 is 9.47 Å². The summed E-state index contributed by atoms with van der Waals surface area (Å²) in [7, 11) is 1.81. The molecule has 0 saturated heterocycles. The lowest BCUT2D eigenvalue weighted by Crippen LogP contribution is -2.26. The molecule has 5 heteroatoms. The van der Waals surface area contributed by atoms with Gasteiger partial charge in [-0.1, -0.05) is 29.8 Å². The monoisotopic (exact) mass is 331 g/mol. The summed E-state index contributed by atoms with van der Waals surface area (Å²) in [5.74, 6) is 1.60. The zero-order valence-electron chi connectivity index (χ0n) is 12.9. The first-order chi connectivity index (χ1) is 11.1. The molecular weight excluding hydrogens is 314 g/mol. The van der Waals surface area contributed by atoms with E-state index in [0.717, 1.165) is 22.6 Å². The van der Waals surface area contributed by atoms with Gasteiger partial charge in [0.25, 0.3) is 0 Å². The Bertz CT molecular complexity index is 700. The molecule has 1 heterocycles. The van der Waals surface area contributed by atoms with Crippen LogP contribution >= 0.6 is 11.6 Å². The van der Waals surface area contributed by atoms with Crippen LogP contribution in [0.15, 0.2) is 42.5 Å². The van der Waals surface area contributed by atoms with Gasteiger partial charge >= 0.3 is 0 Å². The maximum atomic E-state index is 12.3. The van der Waals surface area contributed by atoms with Gasteiger partial charge in [0.1, 0.15) is 0 Å². The van der Waals surface area contributed by atoms with Gasteiger partial charge in [0.2, 0.25) is 12.7 Å². The zero-order valence-corrected chi connectivity index (χ0v) is 13.7. The zero-order chi connectivity index (χ0) is 16.2. The number of hydrogen-bond acceptors (Lipinski definition) is 3. The number of carbonyl (C=O) groups is 1. The first-order valence-electron chi connectivity index (χ1n) is 7.49. The Morgan fingerprint density at radius 2 is 1.78 bits per heavy atom. The summed E-state index contributed by atoms with van der Waals surface area (Å²) in [6.45, 7) is 0.810. The second-order valence-electron chi connectivity index (χ2n) is 5.56. The molecule has 23 heavy (non-hydrogen) atoms. The Balaban J connectivity index is 1.54. The number of hydrogen-bond donors (Lipinski definition) is 0. The normalized spacial score (nSPS) is 12.3. The lowest BCUT2D eigenvalue weighted by Gasteiger charge is -2.17. The molecule has 0 bridgehead atoms. The molecule has 0 radical (unpaired) electrons. The third-order valence-electron chi connectivity index (χ3n) is 3.82. The molecule has 4 nitrogen and oxygen atoms in total. The van der Waals surface area contributed by atoms with Gasteiger partial charge in [-0.05, 0) is 41.8 Å². The largest absolute Gasteiger partial charge is 0.454 e. The minimum atomic E-state index is 0.109. The fourth-order valence-electron chi connectivity index (χ4n) is 2.49. The second-order valence-corrected chi connectivity index (χ2v) is 6.00. The average molecular weight is 332 g/mol. The van der Waals surface area contributed by atoms with Gasteiger partial charge in [-0.2, -0.15) is 0 Å². The molecule has 0 fully saturated rings. The van der Waals surface area contributed by atoms with E-state index in [-0.39, 0.29) is 12.7 Å². The average Bonchev–Trinajstić information content (AvgIpc) is 3.01. The number of nitrogens with zero attached hydrogens (tertiary/aromatic N) is 1. The molecule has 0 spiro atoms. The van der Waals surface area contributed by atoms with E-state index in [2.05, 4.69) is 0 Å². The van der Waals surface area contributed by atoms with Gasteiger partial charge in [0.15, 0.2) is 11.5 Å². The van der Waals surface area contributed by atoms with Gasteiger partial charge in [0, 0.05) is 25.0 Å².